The molecule has 2 heterocycles. The maximum absolute atomic E-state index is 5.81. The maximum atomic E-state index is 5.81. The van der Waals surface area contributed by atoms with Crippen LogP contribution in [0.25, 0.3) is 0 Å². The van der Waals surface area contributed by atoms with Crippen LogP contribution in [0.4, 0.5) is 0 Å². The van der Waals surface area contributed by atoms with E-state index < -0.39 is 0 Å². The minimum atomic E-state index is 0.427. The van der Waals surface area contributed by atoms with E-state index in [9.17, 15) is 0 Å². The van der Waals surface area contributed by atoms with Crippen molar-refractivity contribution in [1.29, 1.82) is 0 Å². The topological polar surface area (TPSA) is 47.0 Å². The number of hydrogen-bond acceptors (Lipinski definition) is 4. The normalized spacial score (nSPS) is 18.8. The molecule has 1 atom stereocenters. The fourth-order valence-corrected chi connectivity index (χ4v) is 2.46. The van der Waals surface area contributed by atoms with Crippen molar-refractivity contribution in [2.75, 3.05) is 13.1 Å². The molecule has 2 aromatic rings. The lowest BCUT2D eigenvalue weighted by Crippen LogP contribution is -2.29. The second-order valence-electron chi connectivity index (χ2n) is 5.19. The van der Waals surface area contributed by atoms with E-state index in [-0.39, 0.29) is 0 Å². The molecule has 0 bridgehead atoms. The molecular formula is C16H19N3O. The minimum Gasteiger partial charge on any atom is -0.454 e. The van der Waals surface area contributed by atoms with Crippen molar-refractivity contribution in [2.24, 2.45) is 0 Å². The van der Waals surface area contributed by atoms with E-state index in [0.717, 1.165) is 36.6 Å². The quantitative estimate of drug-likeness (QED) is 0.930. The molecule has 1 aromatic heterocycles. The second-order valence-corrected chi connectivity index (χ2v) is 5.19. The summed E-state index contributed by atoms with van der Waals surface area (Å²) in [5, 5.41) is 3.38. The van der Waals surface area contributed by atoms with Crippen molar-refractivity contribution < 1.29 is 4.74 Å². The molecule has 0 amide bonds. The minimum absolute atomic E-state index is 0.427. The third-order valence-corrected chi connectivity index (χ3v) is 3.63. The molecule has 0 radical (unpaired) electrons. The molecule has 0 spiro atoms. The lowest BCUT2D eigenvalue weighted by molar-refractivity contribution is 0.439. The zero-order valence-electron chi connectivity index (χ0n) is 11.7. The highest BCUT2D eigenvalue weighted by molar-refractivity contribution is 5.35. The number of para-hydroxylation sites is 1. The molecule has 1 N–H and O–H groups in total. The standard InChI is InChI=1S/C16H19N3O/c1-12-5-2-3-7-15(12)20-14-10-18-16(19-11-14)13-6-4-8-17-9-13/h2-3,5,7,10-11,13,17H,4,6,8-9H2,1H3. The summed E-state index contributed by atoms with van der Waals surface area (Å²) in [7, 11) is 0. The largest absolute Gasteiger partial charge is 0.454 e. The molecule has 1 aliphatic heterocycles. The van der Waals surface area contributed by atoms with Crippen LogP contribution in [-0.2, 0) is 0 Å². The van der Waals surface area contributed by atoms with Crippen LogP contribution in [0.1, 0.15) is 30.1 Å². The number of rotatable bonds is 3. The van der Waals surface area contributed by atoms with Crippen molar-refractivity contribution in [1.82, 2.24) is 15.3 Å². The first-order valence-corrected chi connectivity index (χ1v) is 7.09. The molecule has 1 fully saturated rings. The Labute approximate surface area is 119 Å². The van der Waals surface area contributed by atoms with Gasteiger partial charge in [-0.2, -0.15) is 0 Å². The maximum Gasteiger partial charge on any atom is 0.164 e. The predicted molar refractivity (Wildman–Crippen MR) is 78.1 cm³/mol. The summed E-state index contributed by atoms with van der Waals surface area (Å²) in [5.74, 6) is 2.88. The third-order valence-electron chi connectivity index (χ3n) is 3.63. The van der Waals surface area contributed by atoms with Gasteiger partial charge in [-0.25, -0.2) is 9.97 Å². The van der Waals surface area contributed by atoms with Gasteiger partial charge >= 0.3 is 0 Å². The van der Waals surface area contributed by atoms with Crippen LogP contribution in [0.2, 0.25) is 0 Å². The molecule has 3 rings (SSSR count). The van der Waals surface area contributed by atoms with Gasteiger partial charge in [-0.15, -0.1) is 0 Å². The molecule has 104 valence electrons. The number of aryl methyl sites for hydroxylation is 1. The smallest absolute Gasteiger partial charge is 0.164 e. The monoisotopic (exact) mass is 269 g/mol. The molecule has 1 aliphatic rings. The average Bonchev–Trinajstić information content (AvgIpc) is 2.51. The second kappa shape index (κ2) is 6.01. The summed E-state index contributed by atoms with van der Waals surface area (Å²) in [6.45, 7) is 4.10. The lowest BCUT2D eigenvalue weighted by Gasteiger charge is -2.21. The van der Waals surface area contributed by atoms with Gasteiger partial charge in [0.1, 0.15) is 11.6 Å². The molecular weight excluding hydrogens is 250 g/mol. The van der Waals surface area contributed by atoms with Crippen molar-refractivity contribution >= 4 is 0 Å². The Bertz CT molecular complexity index is 562. The summed E-state index contributed by atoms with van der Waals surface area (Å²) in [4.78, 5) is 8.90. The van der Waals surface area contributed by atoms with Gasteiger partial charge in [0.05, 0.1) is 12.4 Å². The number of nitrogens with one attached hydrogen (secondary N) is 1. The SMILES string of the molecule is Cc1ccccc1Oc1cnc(C2CCCNC2)nc1. The summed E-state index contributed by atoms with van der Waals surface area (Å²) in [5.41, 5.74) is 1.10. The van der Waals surface area contributed by atoms with Crippen molar-refractivity contribution in [3.63, 3.8) is 0 Å². The van der Waals surface area contributed by atoms with Crippen LogP contribution in [0.3, 0.4) is 0 Å². The van der Waals surface area contributed by atoms with Crippen LogP contribution in [0.15, 0.2) is 36.7 Å². The number of nitrogens with zero attached hydrogens (tertiary/aromatic N) is 2. The number of ether oxygens (including phenoxy) is 1. The number of aromatic nitrogens is 2. The Hall–Kier alpha value is -1.94. The van der Waals surface area contributed by atoms with Crippen molar-refractivity contribution in [2.45, 2.75) is 25.7 Å². The Kier molecular flexibility index (Phi) is 3.92. The molecule has 4 heteroatoms. The van der Waals surface area contributed by atoms with E-state index in [1.54, 1.807) is 12.4 Å². The first kappa shape index (κ1) is 13.1. The fraction of sp³-hybridized carbons (Fsp3) is 0.375. The predicted octanol–water partition coefficient (Wildman–Crippen LogP) is 3.04. The van der Waals surface area contributed by atoms with Gasteiger partial charge in [-0.05, 0) is 37.9 Å². The molecule has 1 saturated heterocycles. The van der Waals surface area contributed by atoms with Crippen LogP contribution >= 0.6 is 0 Å². The fourth-order valence-electron chi connectivity index (χ4n) is 2.46. The Morgan fingerprint density at radius 2 is 2.00 bits per heavy atom. The number of hydrogen-bond donors (Lipinski definition) is 1. The van der Waals surface area contributed by atoms with Crippen molar-refractivity contribution in [3.05, 3.63) is 48.0 Å². The number of benzene rings is 1. The molecule has 0 aliphatic carbocycles. The van der Waals surface area contributed by atoms with Gasteiger partial charge in [-0.1, -0.05) is 18.2 Å². The number of piperidine rings is 1. The highest BCUT2D eigenvalue weighted by Crippen LogP contribution is 2.25. The van der Waals surface area contributed by atoms with Gasteiger partial charge in [0, 0.05) is 12.5 Å². The van der Waals surface area contributed by atoms with E-state index >= 15 is 0 Å². The van der Waals surface area contributed by atoms with E-state index in [1.807, 2.05) is 31.2 Å². The van der Waals surface area contributed by atoms with E-state index in [1.165, 1.54) is 6.42 Å². The molecule has 1 unspecified atom stereocenters. The first-order valence-electron chi connectivity index (χ1n) is 7.09. The summed E-state index contributed by atoms with van der Waals surface area (Å²) < 4.78 is 5.81. The van der Waals surface area contributed by atoms with Crippen LogP contribution in [0, 0.1) is 6.92 Å². The third kappa shape index (κ3) is 2.96. The molecule has 4 nitrogen and oxygen atoms in total. The Balaban J connectivity index is 1.71. The average molecular weight is 269 g/mol. The zero-order valence-corrected chi connectivity index (χ0v) is 11.7. The Morgan fingerprint density at radius 1 is 1.20 bits per heavy atom. The highest BCUT2D eigenvalue weighted by atomic mass is 16.5. The van der Waals surface area contributed by atoms with Gasteiger partial charge in [0.25, 0.3) is 0 Å². The molecule has 0 saturated carbocycles. The summed E-state index contributed by atoms with van der Waals surface area (Å²) >= 11 is 0. The van der Waals surface area contributed by atoms with Crippen LogP contribution in [-0.4, -0.2) is 23.1 Å². The van der Waals surface area contributed by atoms with E-state index in [4.69, 9.17) is 4.74 Å². The van der Waals surface area contributed by atoms with E-state index in [0.29, 0.717) is 11.7 Å². The van der Waals surface area contributed by atoms with Crippen molar-refractivity contribution in [3.8, 4) is 11.5 Å². The van der Waals surface area contributed by atoms with E-state index in [2.05, 4.69) is 15.3 Å². The van der Waals surface area contributed by atoms with Gasteiger partial charge in [0.2, 0.25) is 0 Å². The van der Waals surface area contributed by atoms with Gasteiger partial charge in [-0.3, -0.25) is 0 Å². The van der Waals surface area contributed by atoms with Gasteiger partial charge < -0.3 is 10.1 Å². The first-order chi connectivity index (χ1) is 9.83. The molecule has 20 heavy (non-hydrogen) atoms. The Morgan fingerprint density at radius 3 is 2.70 bits per heavy atom. The summed E-state index contributed by atoms with van der Waals surface area (Å²) in [6, 6.07) is 7.94. The van der Waals surface area contributed by atoms with Crippen LogP contribution in [0.5, 0.6) is 11.5 Å². The lowest BCUT2D eigenvalue weighted by atomic mass is 9.99. The molecule has 1 aromatic carbocycles. The van der Waals surface area contributed by atoms with Gasteiger partial charge in [0.15, 0.2) is 5.75 Å². The highest BCUT2D eigenvalue weighted by Gasteiger charge is 2.17. The zero-order chi connectivity index (χ0) is 13.8. The van der Waals surface area contributed by atoms with Crippen LogP contribution < -0.4 is 10.1 Å². The summed E-state index contributed by atoms with van der Waals surface area (Å²) in [6.07, 6.45) is 5.88.